The molecule has 0 saturated carbocycles. The number of fused-ring (bicyclic) bond motifs is 1. The average molecular weight is 465 g/mol. The van der Waals surface area contributed by atoms with E-state index in [2.05, 4.69) is 0 Å². The molecule has 0 N–H and O–H groups in total. The van der Waals surface area contributed by atoms with Gasteiger partial charge in [-0.15, -0.1) is 0 Å². The van der Waals surface area contributed by atoms with Crippen LogP contribution in [-0.4, -0.2) is 47.2 Å². The minimum atomic E-state index is -0.613. The Morgan fingerprint density at radius 2 is 1.88 bits per heavy atom. The fourth-order valence-electron chi connectivity index (χ4n) is 4.45. The number of likely N-dealkylation sites (tertiary alicyclic amines) is 1. The molecular formula is C26H29FN4O3. The third-order valence-corrected chi connectivity index (χ3v) is 6.13. The second-order valence-electron chi connectivity index (χ2n) is 9.81. The van der Waals surface area contributed by atoms with Gasteiger partial charge in [0.25, 0.3) is 0 Å². The number of benzene rings is 2. The van der Waals surface area contributed by atoms with Crippen molar-refractivity contribution < 1.29 is 18.7 Å². The predicted molar refractivity (Wildman–Crippen MR) is 126 cm³/mol. The molecule has 0 unspecified atom stereocenters. The molecule has 4 rings (SSSR count). The summed E-state index contributed by atoms with van der Waals surface area (Å²) in [5, 5.41) is 9.25. The van der Waals surface area contributed by atoms with Crippen molar-refractivity contribution in [1.29, 1.82) is 5.26 Å². The first-order chi connectivity index (χ1) is 16.2. The summed E-state index contributed by atoms with van der Waals surface area (Å²) in [7, 11) is 0. The summed E-state index contributed by atoms with van der Waals surface area (Å²) in [6.45, 7) is 7.76. The van der Waals surface area contributed by atoms with Gasteiger partial charge in [0.2, 0.25) is 0 Å². The largest absolute Gasteiger partial charge is 0.444 e. The lowest BCUT2D eigenvalue weighted by molar-refractivity contribution is 0.0173. The number of para-hydroxylation sites is 1. The zero-order valence-corrected chi connectivity index (χ0v) is 19.8. The zero-order chi connectivity index (χ0) is 24.5. The molecule has 0 aliphatic carbocycles. The number of anilines is 2. The Balaban J connectivity index is 1.50. The molecule has 2 aromatic carbocycles. The Morgan fingerprint density at radius 3 is 2.56 bits per heavy atom. The highest BCUT2D eigenvalue weighted by Gasteiger charge is 2.34. The summed E-state index contributed by atoms with van der Waals surface area (Å²) < 4.78 is 19.4. The lowest BCUT2D eigenvalue weighted by Gasteiger charge is -2.40. The first-order valence-corrected chi connectivity index (χ1v) is 11.5. The number of urea groups is 1. The summed E-state index contributed by atoms with van der Waals surface area (Å²) in [4.78, 5) is 31.0. The molecule has 7 nitrogen and oxygen atoms in total. The minimum absolute atomic E-state index is 0.102. The van der Waals surface area contributed by atoms with E-state index < -0.39 is 11.4 Å². The molecule has 0 bridgehead atoms. The quantitative estimate of drug-likeness (QED) is 0.608. The topological polar surface area (TPSA) is 76.9 Å². The van der Waals surface area contributed by atoms with E-state index in [0.29, 0.717) is 31.9 Å². The first kappa shape index (κ1) is 23.6. The van der Waals surface area contributed by atoms with Gasteiger partial charge in [0.05, 0.1) is 16.9 Å². The SMILES string of the molecule is CC(C)(C)OC(=O)N1CCC(CN2Cc3ccccc3N(c3ccc(F)c(C#N)c3)C2=O)CC1. The number of hydrogen-bond acceptors (Lipinski definition) is 4. The Hall–Kier alpha value is -3.60. The average Bonchev–Trinajstić information content (AvgIpc) is 2.79. The van der Waals surface area contributed by atoms with Gasteiger partial charge in [0, 0.05) is 26.2 Å². The Bertz CT molecular complexity index is 1130. The van der Waals surface area contributed by atoms with Crippen LogP contribution in [-0.2, 0) is 11.3 Å². The minimum Gasteiger partial charge on any atom is -0.444 e. The number of piperidine rings is 1. The van der Waals surface area contributed by atoms with E-state index in [-0.39, 0.29) is 23.6 Å². The molecule has 2 aliphatic heterocycles. The summed E-state index contributed by atoms with van der Waals surface area (Å²) in [6, 6.07) is 13.4. The van der Waals surface area contributed by atoms with Gasteiger partial charge in [0.1, 0.15) is 17.5 Å². The lowest BCUT2D eigenvalue weighted by Crippen LogP contribution is -2.48. The Kier molecular flexibility index (Phi) is 6.47. The number of carbonyl (C=O) groups is 2. The van der Waals surface area contributed by atoms with Crippen LogP contribution in [0, 0.1) is 23.1 Å². The highest BCUT2D eigenvalue weighted by molar-refractivity contribution is 6.02. The standard InChI is InChI=1S/C26H29FN4O3/c1-26(2,3)34-25(33)29-12-10-18(11-13-29)16-30-17-19-6-4-5-7-23(19)31(24(30)32)21-8-9-22(27)20(14-21)15-28/h4-9,14,18H,10-13,16-17H2,1-3H3. The van der Waals surface area contributed by atoms with E-state index in [4.69, 9.17) is 4.74 Å². The number of ether oxygens (including phenoxy) is 1. The molecule has 8 heteroatoms. The van der Waals surface area contributed by atoms with E-state index in [1.165, 1.54) is 18.2 Å². The van der Waals surface area contributed by atoms with Crippen molar-refractivity contribution in [3.8, 4) is 6.07 Å². The second-order valence-corrected chi connectivity index (χ2v) is 9.81. The smallest absolute Gasteiger partial charge is 0.410 e. The number of rotatable bonds is 3. The van der Waals surface area contributed by atoms with Crippen molar-refractivity contribution in [3.63, 3.8) is 0 Å². The summed E-state index contributed by atoms with van der Waals surface area (Å²) in [5.41, 5.74) is 1.54. The van der Waals surface area contributed by atoms with Crippen LogP contribution in [0.4, 0.5) is 25.4 Å². The number of halogens is 1. The highest BCUT2D eigenvalue weighted by atomic mass is 19.1. The van der Waals surface area contributed by atoms with Crippen molar-refractivity contribution in [2.45, 2.75) is 45.8 Å². The van der Waals surface area contributed by atoms with Gasteiger partial charge >= 0.3 is 12.1 Å². The normalized spacial score (nSPS) is 16.8. The van der Waals surface area contributed by atoms with Crippen molar-refractivity contribution in [2.24, 2.45) is 5.92 Å². The maximum Gasteiger partial charge on any atom is 0.410 e. The van der Waals surface area contributed by atoms with E-state index in [1.807, 2.05) is 51.1 Å². The summed E-state index contributed by atoms with van der Waals surface area (Å²) in [5.74, 6) is -0.366. The van der Waals surface area contributed by atoms with Crippen LogP contribution < -0.4 is 4.90 Å². The zero-order valence-electron chi connectivity index (χ0n) is 19.8. The van der Waals surface area contributed by atoms with Gasteiger partial charge in [-0.2, -0.15) is 5.26 Å². The molecule has 178 valence electrons. The summed E-state index contributed by atoms with van der Waals surface area (Å²) >= 11 is 0. The first-order valence-electron chi connectivity index (χ1n) is 11.5. The molecule has 3 amide bonds. The monoisotopic (exact) mass is 464 g/mol. The van der Waals surface area contributed by atoms with Crippen molar-refractivity contribution in [2.75, 3.05) is 24.5 Å². The lowest BCUT2D eigenvalue weighted by atomic mass is 9.95. The van der Waals surface area contributed by atoms with E-state index in [0.717, 1.165) is 24.1 Å². The van der Waals surface area contributed by atoms with Gasteiger partial charge < -0.3 is 14.5 Å². The number of nitriles is 1. The molecule has 2 aliphatic rings. The van der Waals surface area contributed by atoms with Crippen molar-refractivity contribution in [3.05, 3.63) is 59.4 Å². The fourth-order valence-corrected chi connectivity index (χ4v) is 4.45. The molecule has 2 aromatic rings. The third kappa shape index (κ3) is 4.98. The number of nitrogens with zero attached hydrogens (tertiary/aromatic N) is 4. The van der Waals surface area contributed by atoms with Gasteiger partial charge in [-0.25, -0.2) is 14.0 Å². The molecule has 2 heterocycles. The van der Waals surface area contributed by atoms with Gasteiger partial charge in [-0.05, 0) is 69.4 Å². The highest BCUT2D eigenvalue weighted by Crippen LogP contribution is 2.36. The van der Waals surface area contributed by atoms with Crippen LogP contribution in [0.2, 0.25) is 0 Å². The Labute approximate surface area is 199 Å². The predicted octanol–water partition coefficient (Wildman–Crippen LogP) is 5.42. The number of carbonyl (C=O) groups excluding carboxylic acids is 2. The molecule has 0 atom stereocenters. The second kappa shape index (κ2) is 9.34. The maximum atomic E-state index is 13.9. The van der Waals surface area contributed by atoms with Crippen LogP contribution in [0.25, 0.3) is 0 Å². The van der Waals surface area contributed by atoms with Gasteiger partial charge in [-0.1, -0.05) is 18.2 Å². The fraction of sp³-hybridized carbons (Fsp3) is 0.423. The van der Waals surface area contributed by atoms with Crippen LogP contribution in [0.3, 0.4) is 0 Å². The van der Waals surface area contributed by atoms with Crippen LogP contribution in [0.1, 0.15) is 44.7 Å². The molecule has 0 spiro atoms. The van der Waals surface area contributed by atoms with Crippen LogP contribution in [0.15, 0.2) is 42.5 Å². The van der Waals surface area contributed by atoms with Crippen molar-refractivity contribution >= 4 is 23.5 Å². The molecular weight excluding hydrogens is 435 g/mol. The Morgan fingerprint density at radius 1 is 1.18 bits per heavy atom. The molecule has 0 aromatic heterocycles. The molecule has 0 radical (unpaired) electrons. The van der Waals surface area contributed by atoms with Gasteiger partial charge in [0.15, 0.2) is 0 Å². The number of hydrogen-bond donors (Lipinski definition) is 0. The van der Waals surface area contributed by atoms with Gasteiger partial charge in [-0.3, -0.25) is 4.90 Å². The number of amides is 3. The van der Waals surface area contributed by atoms with E-state index >= 15 is 0 Å². The molecule has 34 heavy (non-hydrogen) atoms. The maximum absolute atomic E-state index is 13.9. The van der Waals surface area contributed by atoms with Crippen LogP contribution >= 0.6 is 0 Å². The molecule has 1 saturated heterocycles. The third-order valence-electron chi connectivity index (χ3n) is 6.13. The van der Waals surface area contributed by atoms with E-state index in [1.54, 1.807) is 14.7 Å². The molecule has 1 fully saturated rings. The van der Waals surface area contributed by atoms with Crippen LogP contribution in [0.5, 0.6) is 0 Å². The van der Waals surface area contributed by atoms with E-state index in [9.17, 15) is 19.2 Å². The van der Waals surface area contributed by atoms with Crippen molar-refractivity contribution in [1.82, 2.24) is 9.80 Å². The summed E-state index contributed by atoms with van der Waals surface area (Å²) in [6.07, 6.45) is 1.25.